The third-order valence-electron chi connectivity index (χ3n) is 4.50. The number of nitrogens with one attached hydrogen (secondary N) is 1. The molecular weight excluding hydrogens is 449 g/mol. The van der Waals surface area contributed by atoms with Gasteiger partial charge >= 0.3 is 18.2 Å². The van der Waals surface area contributed by atoms with Gasteiger partial charge in [-0.15, -0.1) is 5.92 Å². The van der Waals surface area contributed by atoms with Crippen LogP contribution >= 0.6 is 0 Å². The lowest BCUT2D eigenvalue weighted by molar-refractivity contribution is -0.192. The van der Waals surface area contributed by atoms with Crippen LogP contribution in [0.5, 0.6) is 6.01 Å². The monoisotopic (exact) mass is 474 g/mol. The SMILES string of the molecule is CC#CCn1c(N2CCNCC2)nc2nc(OCCOC)n(C)c(=O)c21.O=C(O)C(F)(F)F. The highest BCUT2D eigenvalue weighted by atomic mass is 19.4. The van der Waals surface area contributed by atoms with Crippen molar-refractivity contribution in [3.8, 4) is 17.9 Å². The highest BCUT2D eigenvalue weighted by molar-refractivity contribution is 5.75. The number of fused-ring (bicyclic) bond motifs is 1. The molecule has 1 saturated heterocycles. The molecule has 2 aromatic heterocycles. The summed E-state index contributed by atoms with van der Waals surface area (Å²) in [6.07, 6.45) is -5.08. The molecule has 0 unspecified atom stereocenters. The molecule has 3 rings (SSSR count). The van der Waals surface area contributed by atoms with E-state index < -0.39 is 12.1 Å². The second-order valence-electron chi connectivity index (χ2n) is 6.74. The van der Waals surface area contributed by atoms with E-state index in [0.29, 0.717) is 30.9 Å². The maximum atomic E-state index is 12.9. The Hall–Kier alpha value is -3.31. The predicted molar refractivity (Wildman–Crippen MR) is 112 cm³/mol. The van der Waals surface area contributed by atoms with Gasteiger partial charge in [-0.1, -0.05) is 5.92 Å². The minimum absolute atomic E-state index is 0.200. The molecule has 2 N–H and O–H groups in total. The number of ether oxygens (including phenoxy) is 2. The maximum Gasteiger partial charge on any atom is 0.490 e. The smallest absolute Gasteiger partial charge is 0.475 e. The minimum Gasteiger partial charge on any atom is -0.475 e. The first-order chi connectivity index (χ1) is 15.6. The molecule has 0 aromatic carbocycles. The average Bonchev–Trinajstić information content (AvgIpc) is 3.14. The number of piperazine rings is 1. The van der Waals surface area contributed by atoms with E-state index in [4.69, 9.17) is 19.4 Å². The lowest BCUT2D eigenvalue weighted by atomic mass is 10.4. The maximum absolute atomic E-state index is 12.9. The van der Waals surface area contributed by atoms with Crippen LogP contribution in [0.2, 0.25) is 0 Å². The lowest BCUT2D eigenvalue weighted by Gasteiger charge is -2.28. The van der Waals surface area contributed by atoms with Crippen LogP contribution in [0.3, 0.4) is 0 Å². The third kappa shape index (κ3) is 6.59. The molecular formula is C19H25F3N6O5. The number of rotatable bonds is 6. The Labute approximate surface area is 187 Å². The average molecular weight is 474 g/mol. The predicted octanol–water partition coefficient (Wildman–Crippen LogP) is 0.221. The number of hydrogen-bond acceptors (Lipinski definition) is 8. The van der Waals surface area contributed by atoms with Gasteiger partial charge in [0.2, 0.25) is 5.95 Å². The highest BCUT2D eigenvalue weighted by Gasteiger charge is 2.38. The van der Waals surface area contributed by atoms with Crippen molar-refractivity contribution < 1.29 is 32.5 Å². The first kappa shape index (κ1) is 25.9. The summed E-state index contributed by atoms with van der Waals surface area (Å²) in [4.78, 5) is 33.1. The Morgan fingerprint density at radius 2 is 1.88 bits per heavy atom. The van der Waals surface area contributed by atoms with Crippen LogP contribution in [0.15, 0.2) is 4.79 Å². The first-order valence-corrected chi connectivity index (χ1v) is 9.86. The molecule has 182 valence electrons. The summed E-state index contributed by atoms with van der Waals surface area (Å²) in [6.45, 7) is 6.30. The number of aliphatic carboxylic acids is 1. The first-order valence-electron chi connectivity index (χ1n) is 9.86. The van der Waals surface area contributed by atoms with Crippen LogP contribution in [0, 0.1) is 11.8 Å². The summed E-state index contributed by atoms with van der Waals surface area (Å²) in [5.74, 6) is 3.88. The van der Waals surface area contributed by atoms with Crippen molar-refractivity contribution in [1.29, 1.82) is 0 Å². The van der Waals surface area contributed by atoms with Crippen molar-refractivity contribution >= 4 is 23.1 Å². The molecule has 2 aromatic rings. The number of hydrogen-bond donors (Lipinski definition) is 2. The quantitative estimate of drug-likeness (QED) is 0.447. The zero-order valence-corrected chi connectivity index (χ0v) is 18.4. The van der Waals surface area contributed by atoms with Gasteiger partial charge in [-0.3, -0.25) is 13.9 Å². The van der Waals surface area contributed by atoms with Crippen molar-refractivity contribution in [2.75, 3.05) is 51.4 Å². The molecule has 0 aliphatic carbocycles. The Morgan fingerprint density at radius 1 is 1.24 bits per heavy atom. The van der Waals surface area contributed by atoms with Gasteiger partial charge in [0.15, 0.2) is 11.2 Å². The molecule has 0 saturated carbocycles. The number of halogens is 3. The van der Waals surface area contributed by atoms with E-state index in [1.54, 1.807) is 21.1 Å². The van der Waals surface area contributed by atoms with E-state index in [0.717, 1.165) is 32.1 Å². The minimum atomic E-state index is -5.08. The molecule has 1 aliphatic rings. The Morgan fingerprint density at radius 3 is 2.42 bits per heavy atom. The topological polar surface area (TPSA) is 124 Å². The fourth-order valence-corrected chi connectivity index (χ4v) is 2.89. The fraction of sp³-hybridized carbons (Fsp3) is 0.579. The number of carboxylic acids is 1. The second kappa shape index (κ2) is 11.5. The Bertz CT molecular complexity index is 1080. The molecule has 0 bridgehead atoms. The number of nitrogens with zero attached hydrogens (tertiary/aromatic N) is 5. The van der Waals surface area contributed by atoms with Gasteiger partial charge in [0.1, 0.15) is 6.61 Å². The number of aromatic nitrogens is 4. The van der Waals surface area contributed by atoms with E-state index in [2.05, 4.69) is 32.0 Å². The number of methoxy groups -OCH3 is 1. The Balaban J connectivity index is 0.000000479. The zero-order chi connectivity index (χ0) is 24.6. The van der Waals surface area contributed by atoms with Crippen molar-refractivity contribution in [3.05, 3.63) is 10.4 Å². The van der Waals surface area contributed by atoms with Gasteiger partial charge in [0.25, 0.3) is 5.56 Å². The number of carboxylic acid groups (broad SMARTS) is 1. The van der Waals surface area contributed by atoms with Crippen LogP contribution in [-0.4, -0.2) is 82.9 Å². The largest absolute Gasteiger partial charge is 0.490 e. The number of alkyl halides is 3. The van der Waals surface area contributed by atoms with Crippen LogP contribution in [-0.2, 0) is 23.1 Å². The van der Waals surface area contributed by atoms with E-state index in [9.17, 15) is 18.0 Å². The van der Waals surface area contributed by atoms with Crippen molar-refractivity contribution in [2.45, 2.75) is 19.6 Å². The second-order valence-corrected chi connectivity index (χ2v) is 6.74. The number of imidazole rings is 1. The standard InChI is InChI=1S/C17H24N6O3.C2HF3O2/c1-4-5-8-23-13-14(19-16(23)22-9-6-18-7-10-22)20-17(21(2)15(13)24)26-12-11-25-3;3-2(4,5)1(6)7/h18H,6-12H2,1-3H3;(H,6,7). The molecule has 14 heteroatoms. The van der Waals surface area contributed by atoms with E-state index in [1.807, 2.05) is 4.57 Å². The summed E-state index contributed by atoms with van der Waals surface area (Å²) in [5.41, 5.74) is 0.629. The van der Waals surface area contributed by atoms with Gasteiger partial charge in [-0.25, -0.2) is 4.79 Å². The van der Waals surface area contributed by atoms with Crippen LogP contribution in [0.1, 0.15) is 6.92 Å². The van der Waals surface area contributed by atoms with Gasteiger partial charge in [0.05, 0.1) is 13.2 Å². The fourth-order valence-electron chi connectivity index (χ4n) is 2.89. The molecule has 0 radical (unpaired) electrons. The van der Waals surface area contributed by atoms with Gasteiger partial charge < -0.3 is 24.8 Å². The summed E-state index contributed by atoms with van der Waals surface area (Å²) in [6, 6.07) is 0.234. The summed E-state index contributed by atoms with van der Waals surface area (Å²) < 4.78 is 45.5. The third-order valence-corrected chi connectivity index (χ3v) is 4.50. The van der Waals surface area contributed by atoms with Crippen molar-refractivity contribution in [1.82, 2.24) is 24.4 Å². The summed E-state index contributed by atoms with van der Waals surface area (Å²) in [7, 11) is 3.24. The summed E-state index contributed by atoms with van der Waals surface area (Å²) in [5, 5.41) is 10.4. The molecule has 3 heterocycles. The van der Waals surface area contributed by atoms with E-state index >= 15 is 0 Å². The molecule has 0 atom stereocenters. The van der Waals surface area contributed by atoms with Crippen LogP contribution in [0.4, 0.5) is 19.1 Å². The van der Waals surface area contributed by atoms with Gasteiger partial charge in [-0.05, 0) is 6.92 Å². The van der Waals surface area contributed by atoms with Crippen LogP contribution < -0.4 is 20.5 Å². The number of anilines is 1. The molecule has 0 amide bonds. The van der Waals surface area contributed by atoms with Gasteiger partial charge in [0, 0.05) is 40.3 Å². The summed E-state index contributed by atoms with van der Waals surface area (Å²) >= 11 is 0. The number of carbonyl (C=O) groups is 1. The van der Waals surface area contributed by atoms with Crippen molar-refractivity contribution in [3.63, 3.8) is 0 Å². The van der Waals surface area contributed by atoms with Crippen molar-refractivity contribution in [2.24, 2.45) is 7.05 Å². The molecule has 11 nitrogen and oxygen atoms in total. The molecule has 0 spiro atoms. The molecule has 1 aliphatic heterocycles. The lowest BCUT2D eigenvalue weighted by Crippen LogP contribution is -2.44. The van der Waals surface area contributed by atoms with Gasteiger partial charge in [-0.2, -0.15) is 23.1 Å². The van der Waals surface area contributed by atoms with E-state index in [-0.39, 0.29) is 11.6 Å². The van der Waals surface area contributed by atoms with Crippen LogP contribution in [0.25, 0.3) is 11.2 Å². The highest BCUT2D eigenvalue weighted by Crippen LogP contribution is 2.21. The molecule has 33 heavy (non-hydrogen) atoms. The zero-order valence-electron chi connectivity index (χ0n) is 18.4. The molecule has 1 fully saturated rings. The van der Waals surface area contributed by atoms with E-state index in [1.165, 1.54) is 4.57 Å². The Kier molecular flexibility index (Phi) is 9.06. The normalized spacial score (nSPS) is 13.7.